The summed E-state index contributed by atoms with van der Waals surface area (Å²) < 4.78 is 0. The van der Waals surface area contributed by atoms with Gasteiger partial charge in [-0.15, -0.1) is 0 Å². The Kier molecular flexibility index (Phi) is 2.67. The molecule has 2 atom stereocenters. The van der Waals surface area contributed by atoms with Crippen molar-refractivity contribution in [1.29, 1.82) is 0 Å². The van der Waals surface area contributed by atoms with E-state index in [4.69, 9.17) is 11.6 Å². The van der Waals surface area contributed by atoms with Gasteiger partial charge in [0.05, 0.1) is 11.6 Å². The summed E-state index contributed by atoms with van der Waals surface area (Å²) in [6, 6.07) is 3.90. The van der Waals surface area contributed by atoms with Crippen LogP contribution in [0.25, 0.3) is 0 Å². The third-order valence-electron chi connectivity index (χ3n) is 3.58. The van der Waals surface area contributed by atoms with Gasteiger partial charge in [0.1, 0.15) is 0 Å². The van der Waals surface area contributed by atoms with Crippen LogP contribution in [-0.4, -0.2) is 16.7 Å². The maximum atomic E-state index is 10.2. The highest BCUT2D eigenvalue weighted by molar-refractivity contribution is 6.31. The van der Waals surface area contributed by atoms with E-state index in [0.29, 0.717) is 0 Å². The Balaban J connectivity index is 2.59. The van der Waals surface area contributed by atoms with E-state index in [-0.39, 0.29) is 17.6 Å². The SMILES string of the molecule is Cc1c(Cl)ccc2c1NC(C)(C)C(O)C2C. The highest BCUT2D eigenvalue weighted by Crippen LogP contribution is 2.42. The number of rotatable bonds is 0. The Hall–Kier alpha value is -0.730. The molecule has 3 heteroatoms. The second-order valence-corrected chi connectivity index (χ2v) is 5.62. The minimum absolute atomic E-state index is 0.127. The number of halogens is 1. The van der Waals surface area contributed by atoms with E-state index in [1.807, 2.05) is 32.9 Å². The normalized spacial score (nSPS) is 27.1. The zero-order valence-corrected chi connectivity index (χ0v) is 10.9. The Morgan fingerprint density at radius 3 is 2.62 bits per heavy atom. The first-order valence-electron chi connectivity index (χ1n) is 5.60. The van der Waals surface area contributed by atoms with Crippen LogP contribution in [0.4, 0.5) is 5.69 Å². The number of anilines is 1. The molecular formula is C13H18ClNO. The summed E-state index contributed by atoms with van der Waals surface area (Å²) in [5.41, 5.74) is 2.97. The third-order valence-corrected chi connectivity index (χ3v) is 3.99. The van der Waals surface area contributed by atoms with Gasteiger partial charge in [0.2, 0.25) is 0 Å². The Labute approximate surface area is 102 Å². The molecule has 0 aliphatic carbocycles. The fourth-order valence-corrected chi connectivity index (χ4v) is 2.60. The van der Waals surface area contributed by atoms with Gasteiger partial charge >= 0.3 is 0 Å². The standard InChI is InChI=1S/C13H18ClNO/c1-7-9-5-6-10(14)8(2)11(9)15-13(3,4)12(7)16/h5-7,12,15-16H,1-4H3. The highest BCUT2D eigenvalue weighted by atomic mass is 35.5. The molecule has 0 aromatic heterocycles. The van der Waals surface area contributed by atoms with E-state index in [9.17, 15) is 5.11 Å². The molecule has 2 nitrogen and oxygen atoms in total. The van der Waals surface area contributed by atoms with E-state index in [1.165, 1.54) is 0 Å². The van der Waals surface area contributed by atoms with Crippen LogP contribution in [-0.2, 0) is 0 Å². The molecule has 0 bridgehead atoms. The van der Waals surface area contributed by atoms with Crippen LogP contribution in [0.15, 0.2) is 12.1 Å². The number of aliphatic hydroxyl groups excluding tert-OH is 1. The van der Waals surface area contributed by atoms with Gasteiger partial charge in [-0.05, 0) is 38.0 Å². The summed E-state index contributed by atoms with van der Waals surface area (Å²) in [6.45, 7) is 8.09. The number of aliphatic hydroxyl groups is 1. The molecule has 16 heavy (non-hydrogen) atoms. The van der Waals surface area contributed by atoms with Gasteiger partial charge in [0, 0.05) is 16.6 Å². The predicted octanol–water partition coefficient (Wildman–Crippen LogP) is 3.32. The largest absolute Gasteiger partial charge is 0.390 e. The third kappa shape index (κ3) is 1.61. The summed E-state index contributed by atoms with van der Waals surface area (Å²) in [6.07, 6.45) is -0.388. The number of benzene rings is 1. The second-order valence-electron chi connectivity index (χ2n) is 5.22. The molecule has 0 saturated heterocycles. The molecule has 1 aliphatic rings. The molecular weight excluding hydrogens is 222 g/mol. The Bertz CT molecular complexity index is 428. The fourth-order valence-electron chi connectivity index (χ4n) is 2.44. The van der Waals surface area contributed by atoms with Crippen LogP contribution in [0, 0.1) is 6.92 Å². The van der Waals surface area contributed by atoms with Crippen molar-refractivity contribution in [2.45, 2.75) is 45.3 Å². The summed E-state index contributed by atoms with van der Waals surface area (Å²) in [5.74, 6) is 0.127. The Morgan fingerprint density at radius 1 is 1.38 bits per heavy atom. The first kappa shape index (κ1) is 11.7. The minimum Gasteiger partial charge on any atom is -0.390 e. The average Bonchev–Trinajstić information content (AvgIpc) is 2.21. The monoisotopic (exact) mass is 239 g/mol. The van der Waals surface area contributed by atoms with Crippen molar-refractivity contribution in [3.05, 3.63) is 28.3 Å². The minimum atomic E-state index is -0.388. The lowest BCUT2D eigenvalue weighted by Gasteiger charge is -2.43. The second kappa shape index (κ2) is 3.64. The highest BCUT2D eigenvalue weighted by Gasteiger charge is 2.39. The molecule has 1 aliphatic heterocycles. The lowest BCUT2D eigenvalue weighted by Crippen LogP contribution is -2.50. The zero-order valence-electron chi connectivity index (χ0n) is 10.1. The van der Waals surface area contributed by atoms with Crippen molar-refractivity contribution >= 4 is 17.3 Å². The van der Waals surface area contributed by atoms with Crippen LogP contribution < -0.4 is 5.32 Å². The molecule has 1 heterocycles. The first-order valence-corrected chi connectivity index (χ1v) is 5.97. The van der Waals surface area contributed by atoms with Crippen LogP contribution in [0.3, 0.4) is 0 Å². The summed E-state index contributed by atoms with van der Waals surface area (Å²) in [4.78, 5) is 0. The quantitative estimate of drug-likeness (QED) is 0.728. The van der Waals surface area contributed by atoms with Crippen molar-refractivity contribution in [1.82, 2.24) is 0 Å². The van der Waals surface area contributed by atoms with Gasteiger partial charge in [-0.3, -0.25) is 0 Å². The molecule has 0 fully saturated rings. The number of fused-ring (bicyclic) bond motifs is 1. The van der Waals surface area contributed by atoms with Gasteiger partial charge < -0.3 is 10.4 Å². The smallest absolute Gasteiger partial charge is 0.0830 e. The lowest BCUT2D eigenvalue weighted by molar-refractivity contribution is 0.0868. The molecule has 0 spiro atoms. The zero-order chi connectivity index (χ0) is 12.1. The summed E-state index contributed by atoms with van der Waals surface area (Å²) in [5, 5.41) is 14.4. The van der Waals surface area contributed by atoms with E-state index >= 15 is 0 Å². The van der Waals surface area contributed by atoms with Crippen molar-refractivity contribution in [2.24, 2.45) is 0 Å². The number of nitrogens with one attached hydrogen (secondary N) is 1. The summed E-state index contributed by atoms with van der Waals surface area (Å²) in [7, 11) is 0. The van der Waals surface area contributed by atoms with E-state index < -0.39 is 0 Å². The maximum absolute atomic E-state index is 10.2. The van der Waals surface area contributed by atoms with Crippen molar-refractivity contribution < 1.29 is 5.11 Å². The van der Waals surface area contributed by atoms with Crippen molar-refractivity contribution in [3.8, 4) is 0 Å². The van der Waals surface area contributed by atoms with Gasteiger partial charge in [0.15, 0.2) is 0 Å². The van der Waals surface area contributed by atoms with Gasteiger partial charge in [0.25, 0.3) is 0 Å². The fraction of sp³-hybridized carbons (Fsp3) is 0.538. The molecule has 0 radical (unpaired) electrons. The lowest BCUT2D eigenvalue weighted by atomic mass is 9.78. The van der Waals surface area contributed by atoms with Crippen LogP contribution in [0.2, 0.25) is 5.02 Å². The average molecular weight is 240 g/mol. The molecule has 1 aromatic carbocycles. The molecule has 0 amide bonds. The van der Waals surface area contributed by atoms with Gasteiger partial charge in [-0.25, -0.2) is 0 Å². The molecule has 1 aromatic rings. The predicted molar refractivity (Wildman–Crippen MR) is 68.3 cm³/mol. The van der Waals surface area contributed by atoms with E-state index in [2.05, 4.69) is 12.2 Å². The topological polar surface area (TPSA) is 32.3 Å². The molecule has 2 N–H and O–H groups in total. The van der Waals surface area contributed by atoms with Crippen LogP contribution in [0.1, 0.15) is 37.8 Å². The van der Waals surface area contributed by atoms with Crippen molar-refractivity contribution in [3.63, 3.8) is 0 Å². The van der Waals surface area contributed by atoms with E-state index in [1.54, 1.807) is 0 Å². The van der Waals surface area contributed by atoms with Crippen molar-refractivity contribution in [2.75, 3.05) is 5.32 Å². The number of hydrogen-bond acceptors (Lipinski definition) is 2. The number of hydrogen-bond donors (Lipinski definition) is 2. The molecule has 0 saturated carbocycles. The molecule has 2 unspecified atom stereocenters. The van der Waals surface area contributed by atoms with Gasteiger partial charge in [-0.2, -0.15) is 0 Å². The van der Waals surface area contributed by atoms with Crippen LogP contribution >= 0.6 is 11.6 Å². The molecule has 2 rings (SSSR count). The van der Waals surface area contributed by atoms with E-state index in [0.717, 1.165) is 21.8 Å². The Morgan fingerprint density at radius 2 is 2.00 bits per heavy atom. The first-order chi connectivity index (χ1) is 7.34. The maximum Gasteiger partial charge on any atom is 0.0830 e. The summed E-state index contributed by atoms with van der Waals surface area (Å²) >= 11 is 6.12. The van der Waals surface area contributed by atoms with Crippen LogP contribution in [0.5, 0.6) is 0 Å². The molecule has 88 valence electrons. The van der Waals surface area contributed by atoms with Gasteiger partial charge in [-0.1, -0.05) is 24.6 Å².